The first-order chi connectivity index (χ1) is 13.9. The van der Waals surface area contributed by atoms with Crippen LogP contribution in [0.2, 0.25) is 0 Å². The molecule has 0 aromatic heterocycles. The smallest absolute Gasteiger partial charge is 0.200 e. The molecule has 0 atom stereocenters. The highest BCUT2D eigenvalue weighted by Gasteiger charge is 2.29. The Labute approximate surface area is 175 Å². The predicted molar refractivity (Wildman–Crippen MR) is 102 cm³/mol. The molecule has 0 radical (unpaired) electrons. The van der Waals surface area contributed by atoms with Gasteiger partial charge in [-0.1, -0.05) is 39.0 Å². The van der Waals surface area contributed by atoms with Crippen LogP contribution in [0.15, 0.2) is 4.90 Å². The Morgan fingerprint density at radius 1 is 0.767 bits per heavy atom. The van der Waals surface area contributed by atoms with Gasteiger partial charge in [0.05, 0.1) is 26.7 Å². The van der Waals surface area contributed by atoms with Crippen LogP contribution < -0.4 is 0 Å². The number of likely N-dealkylation sites (tertiary alicyclic amines) is 1. The van der Waals surface area contributed by atoms with Crippen molar-refractivity contribution in [3.05, 3.63) is 29.1 Å². The van der Waals surface area contributed by atoms with Crippen LogP contribution in [-0.4, -0.2) is 44.1 Å². The van der Waals surface area contributed by atoms with Crippen molar-refractivity contribution in [1.29, 1.82) is 0 Å². The topological polar surface area (TPSA) is 57.2 Å². The number of unbranched alkanes of at least 4 members (excludes halogenated alkanes) is 6. The van der Waals surface area contributed by atoms with Crippen LogP contribution in [0.5, 0.6) is 0 Å². The third kappa shape index (κ3) is 7.77. The minimum Gasteiger partial charge on any atom is -0.744 e. The van der Waals surface area contributed by atoms with E-state index in [-0.39, 0.29) is 0 Å². The Kier molecular flexibility index (Phi) is 10.7. The summed E-state index contributed by atoms with van der Waals surface area (Å²) >= 11 is 0. The van der Waals surface area contributed by atoms with Crippen LogP contribution in [0.25, 0.3) is 0 Å². The van der Waals surface area contributed by atoms with Gasteiger partial charge in [0.25, 0.3) is 0 Å². The first-order valence-corrected chi connectivity index (χ1v) is 11.7. The zero-order chi connectivity index (χ0) is 22.9. The fraction of sp³-hybridized carbons (Fsp3) is 0.700. The fourth-order valence-corrected chi connectivity index (χ4v) is 4.20. The first kappa shape index (κ1) is 26.8. The zero-order valence-electron chi connectivity index (χ0n) is 17.5. The highest BCUT2D eigenvalue weighted by Crippen LogP contribution is 2.26. The van der Waals surface area contributed by atoms with Crippen molar-refractivity contribution in [1.82, 2.24) is 0 Å². The van der Waals surface area contributed by atoms with Crippen LogP contribution in [0, 0.1) is 29.1 Å². The molecule has 30 heavy (non-hydrogen) atoms. The highest BCUT2D eigenvalue weighted by molar-refractivity contribution is 7.85. The van der Waals surface area contributed by atoms with E-state index < -0.39 is 44.1 Å². The average molecular weight is 460 g/mol. The number of nitrogens with zero attached hydrogens (tertiary/aromatic N) is 1. The quantitative estimate of drug-likeness (QED) is 0.126. The van der Waals surface area contributed by atoms with E-state index in [1.807, 2.05) is 0 Å². The maximum atomic E-state index is 12.6. The zero-order valence-corrected chi connectivity index (χ0v) is 18.3. The van der Waals surface area contributed by atoms with E-state index in [0.29, 0.717) is 0 Å². The Hall–Kier alpha value is -1.26. The summed E-state index contributed by atoms with van der Waals surface area (Å²) in [4.78, 5) is -2.38. The Morgan fingerprint density at radius 3 is 1.60 bits per heavy atom. The molecule has 10 heteroatoms. The van der Waals surface area contributed by atoms with Gasteiger partial charge in [-0.05, 0) is 12.8 Å². The minimum atomic E-state index is -5.77. The Morgan fingerprint density at radius 2 is 1.17 bits per heavy atom. The van der Waals surface area contributed by atoms with Gasteiger partial charge in [-0.15, -0.1) is 0 Å². The van der Waals surface area contributed by atoms with E-state index in [1.54, 1.807) is 0 Å². The van der Waals surface area contributed by atoms with Gasteiger partial charge in [-0.3, -0.25) is 0 Å². The van der Waals surface area contributed by atoms with E-state index >= 15 is 0 Å². The number of hydrogen-bond donors (Lipinski definition) is 0. The summed E-state index contributed by atoms with van der Waals surface area (Å²) in [6.45, 7) is 6.61. The van der Waals surface area contributed by atoms with Crippen molar-refractivity contribution in [2.24, 2.45) is 0 Å². The molecule has 2 rings (SSSR count). The third-order valence-electron chi connectivity index (χ3n) is 5.37. The SMILES string of the molecule is CCCCCCCCC[N+]1(C)CCCC1.O=S(=O)([O-])c1c(F)c(F)c(F)c(F)c1F. The van der Waals surface area contributed by atoms with Gasteiger partial charge in [-0.2, -0.15) is 0 Å². The summed E-state index contributed by atoms with van der Waals surface area (Å²) in [5.41, 5.74) is 0. The largest absolute Gasteiger partial charge is 0.744 e. The molecule has 1 saturated heterocycles. The van der Waals surface area contributed by atoms with Gasteiger partial charge in [0.15, 0.2) is 23.3 Å². The molecule has 0 aliphatic carbocycles. The molecular weight excluding hydrogens is 429 g/mol. The number of rotatable bonds is 9. The summed E-state index contributed by atoms with van der Waals surface area (Å²) in [7, 11) is -3.32. The van der Waals surface area contributed by atoms with Crippen molar-refractivity contribution in [2.75, 3.05) is 26.7 Å². The molecule has 0 amide bonds. The number of benzene rings is 1. The maximum absolute atomic E-state index is 12.6. The molecule has 0 saturated carbocycles. The van der Waals surface area contributed by atoms with Crippen molar-refractivity contribution in [3.63, 3.8) is 0 Å². The molecule has 0 N–H and O–H groups in total. The monoisotopic (exact) mass is 459 g/mol. The molecule has 1 aromatic carbocycles. The van der Waals surface area contributed by atoms with Crippen molar-refractivity contribution in [2.45, 2.75) is 69.6 Å². The first-order valence-electron chi connectivity index (χ1n) is 10.3. The van der Waals surface area contributed by atoms with Gasteiger partial charge in [-0.25, -0.2) is 30.4 Å². The average Bonchev–Trinajstić information content (AvgIpc) is 3.10. The minimum absolute atomic E-state index is 1.37. The van der Waals surface area contributed by atoms with E-state index in [2.05, 4.69) is 14.0 Å². The number of hydrogen-bond acceptors (Lipinski definition) is 3. The van der Waals surface area contributed by atoms with Gasteiger partial charge >= 0.3 is 0 Å². The van der Waals surface area contributed by atoms with E-state index in [0.717, 1.165) is 0 Å². The van der Waals surface area contributed by atoms with Gasteiger partial charge < -0.3 is 9.04 Å². The molecule has 0 spiro atoms. The second kappa shape index (κ2) is 12.0. The van der Waals surface area contributed by atoms with Gasteiger partial charge in [0.2, 0.25) is 5.82 Å². The summed E-state index contributed by atoms with van der Waals surface area (Å²) in [6.07, 6.45) is 13.1. The van der Waals surface area contributed by atoms with Crippen LogP contribution in [-0.2, 0) is 10.1 Å². The lowest BCUT2D eigenvalue weighted by Gasteiger charge is -2.29. The standard InChI is InChI=1S/C14H30N.C6HF5O3S/c1-3-4-5-6-7-8-9-12-15(2)13-10-11-14-15;7-1-2(8)4(10)6(15(12,13)14)5(11)3(1)9/h3-14H2,1-2H3;(H,12,13,14)/q+1;/p-1. The van der Waals surface area contributed by atoms with Crippen molar-refractivity contribution in [3.8, 4) is 0 Å². The Bertz CT molecular complexity index is 767. The Balaban J connectivity index is 0.000000300. The van der Waals surface area contributed by atoms with Crippen LogP contribution in [0.3, 0.4) is 0 Å². The van der Waals surface area contributed by atoms with Gasteiger partial charge in [0, 0.05) is 12.8 Å². The van der Waals surface area contributed by atoms with E-state index in [1.165, 1.54) is 81.9 Å². The normalized spacial score (nSPS) is 15.7. The molecule has 4 nitrogen and oxygen atoms in total. The molecule has 1 fully saturated rings. The van der Waals surface area contributed by atoms with E-state index in [9.17, 15) is 34.9 Å². The summed E-state index contributed by atoms with van der Waals surface area (Å²) in [6, 6.07) is 0. The van der Waals surface area contributed by atoms with Crippen molar-refractivity contribution < 1.29 is 39.4 Å². The summed E-state index contributed by atoms with van der Waals surface area (Å²) < 4.78 is 94.3. The lowest BCUT2D eigenvalue weighted by atomic mass is 10.1. The highest BCUT2D eigenvalue weighted by atomic mass is 32.2. The molecule has 0 bridgehead atoms. The van der Waals surface area contributed by atoms with Crippen molar-refractivity contribution >= 4 is 10.1 Å². The lowest BCUT2D eigenvalue weighted by molar-refractivity contribution is -0.897. The molecule has 1 heterocycles. The molecule has 174 valence electrons. The molecule has 1 aromatic rings. The van der Waals surface area contributed by atoms with E-state index in [4.69, 9.17) is 0 Å². The van der Waals surface area contributed by atoms with Crippen LogP contribution in [0.1, 0.15) is 64.7 Å². The molecular formula is C20H30F5NO3S. The third-order valence-corrected chi connectivity index (χ3v) is 6.23. The molecule has 1 aliphatic rings. The second-order valence-corrected chi connectivity index (χ2v) is 9.29. The number of halogens is 5. The summed E-state index contributed by atoms with van der Waals surface area (Å²) in [5, 5.41) is 0. The number of quaternary nitrogens is 1. The summed E-state index contributed by atoms with van der Waals surface area (Å²) in [5.74, 6) is -12.8. The lowest BCUT2D eigenvalue weighted by Crippen LogP contribution is -2.41. The second-order valence-electron chi connectivity index (χ2n) is 7.97. The molecule has 1 aliphatic heterocycles. The predicted octanol–water partition coefficient (Wildman–Crippen LogP) is 5.26. The molecule has 0 unspecified atom stereocenters. The van der Waals surface area contributed by atoms with Crippen LogP contribution in [0.4, 0.5) is 22.0 Å². The maximum Gasteiger partial charge on any atom is 0.200 e. The van der Waals surface area contributed by atoms with Gasteiger partial charge in [0.1, 0.15) is 15.0 Å². The van der Waals surface area contributed by atoms with Crippen LogP contribution >= 0.6 is 0 Å². The fourth-order valence-electron chi connectivity index (χ4n) is 3.58.